The molecule has 0 radical (unpaired) electrons. The van der Waals surface area contributed by atoms with Gasteiger partial charge >= 0.3 is 0 Å². The van der Waals surface area contributed by atoms with Crippen LogP contribution in [0.4, 0.5) is 5.69 Å². The summed E-state index contributed by atoms with van der Waals surface area (Å²) in [6.45, 7) is -0.697. The number of hydrogen-bond acceptors (Lipinski definition) is 6. The Morgan fingerprint density at radius 1 is 1.16 bits per heavy atom. The van der Waals surface area contributed by atoms with Crippen molar-refractivity contribution in [1.29, 1.82) is 0 Å². The van der Waals surface area contributed by atoms with Crippen LogP contribution >= 0.6 is 0 Å². The molecular formula is C18H22N2O5. The SMILES string of the molecule is COc1ccccc1OCC(=O)NC(CO)C(O)c1ccc(N)cc1. The zero-order valence-corrected chi connectivity index (χ0v) is 13.9. The number of hydrogen-bond donors (Lipinski definition) is 4. The van der Waals surface area contributed by atoms with Gasteiger partial charge in [-0.1, -0.05) is 24.3 Å². The molecule has 7 heteroatoms. The average Bonchev–Trinajstić information content (AvgIpc) is 2.64. The Kier molecular flexibility index (Phi) is 6.62. The summed E-state index contributed by atoms with van der Waals surface area (Å²) < 4.78 is 10.6. The summed E-state index contributed by atoms with van der Waals surface area (Å²) in [6, 6.07) is 12.6. The van der Waals surface area contributed by atoms with E-state index in [1.54, 1.807) is 48.5 Å². The van der Waals surface area contributed by atoms with E-state index in [9.17, 15) is 15.0 Å². The number of benzene rings is 2. The minimum Gasteiger partial charge on any atom is -0.493 e. The van der Waals surface area contributed by atoms with E-state index in [-0.39, 0.29) is 6.61 Å². The Bertz CT molecular complexity index is 690. The maximum atomic E-state index is 12.1. The lowest BCUT2D eigenvalue weighted by atomic mass is 10.0. The molecular weight excluding hydrogens is 324 g/mol. The topological polar surface area (TPSA) is 114 Å². The Morgan fingerprint density at radius 3 is 2.40 bits per heavy atom. The van der Waals surface area contributed by atoms with Crippen molar-refractivity contribution in [2.24, 2.45) is 0 Å². The van der Waals surface area contributed by atoms with Gasteiger partial charge < -0.3 is 30.7 Å². The highest BCUT2D eigenvalue weighted by atomic mass is 16.5. The first-order valence-corrected chi connectivity index (χ1v) is 7.74. The fraction of sp³-hybridized carbons (Fsp3) is 0.278. The number of carbonyl (C=O) groups is 1. The number of methoxy groups -OCH3 is 1. The number of para-hydroxylation sites is 2. The molecule has 0 saturated heterocycles. The van der Waals surface area contributed by atoms with E-state index in [0.717, 1.165) is 0 Å². The molecule has 134 valence electrons. The van der Waals surface area contributed by atoms with Crippen molar-refractivity contribution in [2.45, 2.75) is 12.1 Å². The highest BCUT2D eigenvalue weighted by Gasteiger charge is 2.22. The van der Waals surface area contributed by atoms with Crippen molar-refractivity contribution in [3.63, 3.8) is 0 Å². The zero-order chi connectivity index (χ0) is 18.2. The standard InChI is InChI=1S/C18H22N2O5/c1-24-15-4-2-3-5-16(15)25-11-17(22)20-14(10-21)18(23)12-6-8-13(19)9-7-12/h2-9,14,18,21,23H,10-11,19H2,1H3,(H,20,22). The van der Waals surface area contributed by atoms with Crippen molar-refractivity contribution in [2.75, 3.05) is 26.1 Å². The number of aliphatic hydroxyl groups excluding tert-OH is 2. The summed E-state index contributed by atoms with van der Waals surface area (Å²) in [6.07, 6.45) is -1.07. The lowest BCUT2D eigenvalue weighted by Crippen LogP contribution is -2.44. The van der Waals surface area contributed by atoms with Crippen LogP contribution in [0.1, 0.15) is 11.7 Å². The first kappa shape index (κ1) is 18.6. The highest BCUT2D eigenvalue weighted by molar-refractivity contribution is 5.78. The first-order valence-electron chi connectivity index (χ1n) is 7.74. The maximum absolute atomic E-state index is 12.1. The molecule has 5 N–H and O–H groups in total. The second-order valence-corrected chi connectivity index (χ2v) is 5.41. The number of anilines is 1. The van der Waals surface area contributed by atoms with Gasteiger partial charge in [0.2, 0.25) is 0 Å². The van der Waals surface area contributed by atoms with Gasteiger partial charge in [-0.05, 0) is 29.8 Å². The van der Waals surface area contributed by atoms with E-state index in [4.69, 9.17) is 15.2 Å². The van der Waals surface area contributed by atoms with Crippen LogP contribution in [0, 0.1) is 0 Å². The molecule has 0 aliphatic heterocycles. The Hall–Kier alpha value is -2.77. The fourth-order valence-corrected chi connectivity index (χ4v) is 2.28. The third-order valence-corrected chi connectivity index (χ3v) is 3.63. The molecule has 2 atom stereocenters. The fourth-order valence-electron chi connectivity index (χ4n) is 2.28. The second-order valence-electron chi connectivity index (χ2n) is 5.41. The van der Waals surface area contributed by atoms with E-state index in [0.29, 0.717) is 22.7 Å². The monoisotopic (exact) mass is 346 g/mol. The predicted octanol–water partition coefficient (Wildman–Crippen LogP) is 0.867. The van der Waals surface area contributed by atoms with Gasteiger partial charge in [-0.25, -0.2) is 0 Å². The van der Waals surface area contributed by atoms with Gasteiger partial charge in [-0.3, -0.25) is 4.79 Å². The van der Waals surface area contributed by atoms with Crippen molar-refractivity contribution in [1.82, 2.24) is 5.32 Å². The molecule has 0 heterocycles. The molecule has 0 fully saturated rings. The molecule has 7 nitrogen and oxygen atoms in total. The number of ether oxygens (including phenoxy) is 2. The predicted molar refractivity (Wildman–Crippen MR) is 93.3 cm³/mol. The highest BCUT2D eigenvalue weighted by Crippen LogP contribution is 2.25. The normalized spacial score (nSPS) is 12.9. The minimum absolute atomic E-state index is 0.272. The number of nitrogens with one attached hydrogen (secondary N) is 1. The van der Waals surface area contributed by atoms with Crippen LogP contribution in [0.15, 0.2) is 48.5 Å². The molecule has 0 bridgehead atoms. The van der Waals surface area contributed by atoms with E-state index in [1.807, 2.05) is 0 Å². The number of aliphatic hydroxyl groups is 2. The van der Waals surface area contributed by atoms with Crippen LogP contribution in [-0.2, 0) is 4.79 Å². The van der Waals surface area contributed by atoms with Gasteiger partial charge in [-0.2, -0.15) is 0 Å². The smallest absolute Gasteiger partial charge is 0.258 e. The number of nitrogens with two attached hydrogens (primary N) is 1. The van der Waals surface area contributed by atoms with Gasteiger partial charge in [0.25, 0.3) is 5.91 Å². The van der Waals surface area contributed by atoms with E-state index in [1.165, 1.54) is 7.11 Å². The largest absolute Gasteiger partial charge is 0.493 e. The minimum atomic E-state index is -1.07. The Morgan fingerprint density at radius 2 is 1.80 bits per heavy atom. The van der Waals surface area contributed by atoms with Crippen molar-refractivity contribution in [3.8, 4) is 11.5 Å². The van der Waals surface area contributed by atoms with Gasteiger partial charge in [0, 0.05) is 5.69 Å². The molecule has 0 aromatic heterocycles. The van der Waals surface area contributed by atoms with Crippen LogP contribution in [0.2, 0.25) is 0 Å². The second kappa shape index (κ2) is 8.91. The molecule has 0 aliphatic rings. The van der Waals surface area contributed by atoms with Crippen LogP contribution in [0.5, 0.6) is 11.5 Å². The molecule has 0 spiro atoms. The van der Waals surface area contributed by atoms with Crippen LogP contribution in [-0.4, -0.2) is 42.5 Å². The van der Waals surface area contributed by atoms with Crippen LogP contribution in [0.3, 0.4) is 0 Å². The number of carbonyl (C=O) groups excluding carboxylic acids is 1. The maximum Gasteiger partial charge on any atom is 0.258 e. The van der Waals surface area contributed by atoms with Crippen LogP contribution < -0.4 is 20.5 Å². The first-order chi connectivity index (χ1) is 12.0. The van der Waals surface area contributed by atoms with Crippen LogP contribution in [0.25, 0.3) is 0 Å². The summed E-state index contributed by atoms with van der Waals surface area (Å²) in [5, 5.41) is 22.3. The van der Waals surface area contributed by atoms with E-state index in [2.05, 4.69) is 5.32 Å². The van der Waals surface area contributed by atoms with Crippen molar-refractivity contribution < 1.29 is 24.5 Å². The molecule has 1 amide bonds. The van der Waals surface area contributed by atoms with Gasteiger partial charge in [0.15, 0.2) is 18.1 Å². The Labute approximate surface area is 146 Å². The molecule has 2 aromatic rings. The summed E-state index contributed by atoms with van der Waals surface area (Å²) in [5.74, 6) is 0.468. The molecule has 25 heavy (non-hydrogen) atoms. The quantitative estimate of drug-likeness (QED) is 0.527. The van der Waals surface area contributed by atoms with E-state index >= 15 is 0 Å². The van der Waals surface area contributed by atoms with Crippen molar-refractivity contribution in [3.05, 3.63) is 54.1 Å². The summed E-state index contributed by atoms with van der Waals surface area (Å²) >= 11 is 0. The molecule has 2 aromatic carbocycles. The van der Waals surface area contributed by atoms with E-state index < -0.39 is 24.7 Å². The number of nitrogen functional groups attached to an aromatic ring is 1. The summed E-state index contributed by atoms with van der Waals surface area (Å²) in [7, 11) is 1.51. The van der Waals surface area contributed by atoms with Gasteiger partial charge in [0.05, 0.1) is 19.8 Å². The van der Waals surface area contributed by atoms with Gasteiger partial charge in [-0.15, -0.1) is 0 Å². The number of rotatable bonds is 8. The molecule has 2 unspecified atom stereocenters. The third-order valence-electron chi connectivity index (χ3n) is 3.63. The number of amides is 1. The third kappa shape index (κ3) is 5.10. The average molecular weight is 346 g/mol. The van der Waals surface area contributed by atoms with Gasteiger partial charge in [0.1, 0.15) is 6.10 Å². The van der Waals surface area contributed by atoms with Crippen molar-refractivity contribution >= 4 is 11.6 Å². The zero-order valence-electron chi connectivity index (χ0n) is 13.9. The summed E-state index contributed by atoms with van der Waals surface area (Å²) in [4.78, 5) is 12.1. The Balaban J connectivity index is 1.94. The molecule has 0 saturated carbocycles. The molecule has 2 rings (SSSR count). The summed E-state index contributed by atoms with van der Waals surface area (Å²) in [5.41, 5.74) is 6.71. The lowest BCUT2D eigenvalue weighted by Gasteiger charge is -2.23. The molecule has 0 aliphatic carbocycles. The lowest BCUT2D eigenvalue weighted by molar-refractivity contribution is -0.125.